The van der Waals surface area contributed by atoms with Gasteiger partial charge in [-0.3, -0.25) is 4.48 Å². The second-order valence-electron chi connectivity index (χ2n) is 14.2. The molecule has 272 valence electrons. The zero-order valence-electron chi connectivity index (χ0n) is 30.2. The quantitative estimate of drug-likeness (QED) is 0.0415. The van der Waals surface area contributed by atoms with Crippen LogP contribution >= 0.6 is 11.6 Å². The number of quaternary nitrogens is 2. The van der Waals surface area contributed by atoms with Gasteiger partial charge in [0, 0.05) is 0 Å². The van der Waals surface area contributed by atoms with Crippen LogP contribution in [0.4, 0.5) is 8.87 Å². The smallest absolute Gasteiger partial charge is 0.164 e. The predicted molar refractivity (Wildman–Crippen MR) is 217 cm³/mol. The summed E-state index contributed by atoms with van der Waals surface area (Å²) in [5.41, 5.74) is 4.86. The first kappa shape index (κ1) is 42.2. The molecule has 4 aromatic carbocycles. The van der Waals surface area contributed by atoms with Crippen molar-refractivity contribution in [3.8, 4) is 22.3 Å². The third kappa shape index (κ3) is 12.2. The number of rotatable bonds is 13. The van der Waals surface area contributed by atoms with Crippen LogP contribution in [0.2, 0.25) is 13.3 Å². The maximum absolute atomic E-state index is 13.5. The van der Waals surface area contributed by atoms with Gasteiger partial charge in [-0.1, -0.05) is 61.5 Å². The van der Waals surface area contributed by atoms with E-state index in [2.05, 4.69) is 75.4 Å². The molecule has 0 unspecified atom stereocenters. The van der Waals surface area contributed by atoms with Gasteiger partial charge in [0.15, 0.2) is 25.6 Å². The first-order chi connectivity index (χ1) is 23.8. The van der Waals surface area contributed by atoms with Gasteiger partial charge in [-0.2, -0.15) is 0 Å². The van der Waals surface area contributed by atoms with E-state index in [1.54, 1.807) is 29.0 Å². The molecular formula is C44H63ClF2N2Sn+2. The summed E-state index contributed by atoms with van der Waals surface area (Å²) in [6.45, 7) is 11.9. The molecule has 7 rings (SSSR count). The van der Waals surface area contributed by atoms with E-state index in [1.165, 1.54) is 61.8 Å². The minimum atomic E-state index is -2.25. The molecule has 3 saturated heterocycles. The van der Waals surface area contributed by atoms with Crippen LogP contribution in [-0.2, 0) is 0 Å². The van der Waals surface area contributed by atoms with Gasteiger partial charge in [0.25, 0.3) is 0 Å². The molecule has 3 aliphatic rings. The van der Waals surface area contributed by atoms with Crippen molar-refractivity contribution >= 4 is 33.6 Å². The Morgan fingerprint density at radius 3 is 1.26 bits per heavy atom. The third-order valence-electron chi connectivity index (χ3n) is 10.8. The molecule has 0 spiro atoms. The summed E-state index contributed by atoms with van der Waals surface area (Å²) < 4.78 is 33.3. The van der Waals surface area contributed by atoms with Crippen molar-refractivity contribution in [3.05, 3.63) is 115 Å². The van der Waals surface area contributed by atoms with Crippen LogP contribution in [0.5, 0.6) is 0 Å². The first-order valence-corrected chi connectivity index (χ1v) is 26.8. The third-order valence-corrected chi connectivity index (χ3v) is 26.9. The first-order valence-electron chi connectivity index (χ1n) is 18.7. The zero-order valence-corrected chi connectivity index (χ0v) is 33.8. The molecule has 0 aromatic heterocycles. The molecule has 3 heterocycles. The Hall–Kier alpha value is -2.25. The van der Waals surface area contributed by atoms with Gasteiger partial charge in [0.1, 0.15) is 25.5 Å². The van der Waals surface area contributed by atoms with Crippen molar-refractivity contribution in [2.45, 2.75) is 80.0 Å². The van der Waals surface area contributed by atoms with Crippen molar-refractivity contribution in [2.24, 2.45) is 0 Å². The molecule has 3 fully saturated rings. The van der Waals surface area contributed by atoms with Crippen LogP contribution in [0.25, 0.3) is 22.3 Å². The van der Waals surface area contributed by atoms with E-state index in [9.17, 15) is 8.87 Å². The van der Waals surface area contributed by atoms with E-state index in [4.69, 9.17) is 11.6 Å². The normalized spacial score (nSPS) is 19.3. The molecule has 2 bridgehead atoms. The van der Waals surface area contributed by atoms with E-state index in [0.29, 0.717) is 25.6 Å². The number of hydrogen-bond acceptors (Lipinski definition) is 0. The van der Waals surface area contributed by atoms with E-state index >= 15 is 0 Å². The summed E-state index contributed by atoms with van der Waals surface area (Å²) >= 11 is 3.60. The van der Waals surface area contributed by atoms with Crippen LogP contribution in [0.15, 0.2) is 109 Å². The molecule has 4 aromatic rings. The fraction of sp³-hybridized carbons (Fsp3) is 0.455. The second-order valence-corrected chi connectivity index (χ2v) is 27.7. The number of benzene rings is 4. The van der Waals surface area contributed by atoms with Gasteiger partial charge in [0.2, 0.25) is 0 Å². The van der Waals surface area contributed by atoms with Crippen LogP contribution in [-0.4, -0.2) is 72.8 Å². The van der Waals surface area contributed by atoms with E-state index in [-0.39, 0.29) is 17.9 Å². The molecular weight excluding hydrogens is 749 g/mol. The number of hydrogen-bond donors (Lipinski definition) is 0. The summed E-state index contributed by atoms with van der Waals surface area (Å²) in [6, 6.07) is 37.7. The number of nitrogens with zero attached hydrogens (tertiary/aromatic N) is 2. The van der Waals surface area contributed by atoms with Crippen molar-refractivity contribution in [3.63, 3.8) is 0 Å². The summed E-state index contributed by atoms with van der Waals surface area (Å²) in [4.78, 5) is 0. The number of piperazine rings is 3. The molecule has 3 aliphatic heterocycles. The minimum Gasteiger partial charge on any atom is -0.297 e. The average Bonchev–Trinajstić information content (AvgIpc) is 3.17. The van der Waals surface area contributed by atoms with Crippen molar-refractivity contribution in [1.82, 2.24) is 0 Å². The fourth-order valence-electron chi connectivity index (χ4n) is 7.30. The molecule has 0 atom stereocenters. The van der Waals surface area contributed by atoms with Crippen LogP contribution < -0.4 is 3.58 Å². The maximum atomic E-state index is 13.5. The topological polar surface area (TPSA) is 0 Å². The Bertz CT molecular complexity index is 1440. The number of halogens is 3. The van der Waals surface area contributed by atoms with Crippen LogP contribution in [0.3, 0.4) is 0 Å². The molecule has 0 amide bonds. The van der Waals surface area contributed by atoms with Crippen molar-refractivity contribution in [1.29, 1.82) is 0 Å². The molecule has 0 N–H and O–H groups in total. The van der Waals surface area contributed by atoms with Crippen LogP contribution in [0.1, 0.15) is 66.7 Å². The number of alkyl halides is 1. The SMILES string of the molecule is C.CCC[CH2][Sn]([CH2]CCC)([CH2]CCC)[c]1ccc(-c2ccccc2)cc1.F[N+]12CC[N+](CCl)(CC1)CC2.Fc1ccc(-c2ccccc2)cc1. The summed E-state index contributed by atoms with van der Waals surface area (Å²) in [5.74, 6) is -0.195. The standard InChI is InChI=1S/C12H9F.C12H9.C7H14ClFN2.3C4H9.CH4.Sn/c13-12-8-6-11(7-9-12)10-4-2-1-3-5-10;1-3-7-11(8-4-1)12-9-5-2-6-10-12;8-7-10-1-4-11(9,5-2-10)6-3-10;3*1-3-4-2;;/h1-9H;1,3-10H;1-7H2;3*1,3-4H2,2H3;1H4;/q;;+2;;;;;. The summed E-state index contributed by atoms with van der Waals surface area (Å²) in [5, 5.41) is 0. The van der Waals surface area contributed by atoms with Crippen LogP contribution in [0, 0.1) is 5.82 Å². The molecule has 0 saturated carbocycles. The van der Waals surface area contributed by atoms with Gasteiger partial charge in [-0.25, -0.2) is 4.39 Å². The van der Waals surface area contributed by atoms with Gasteiger partial charge in [-0.15, -0.1) is 4.71 Å². The van der Waals surface area contributed by atoms with Gasteiger partial charge in [0.05, 0.1) is 0 Å². The fourth-order valence-corrected chi connectivity index (χ4v) is 23.6. The Morgan fingerprint density at radius 1 is 0.540 bits per heavy atom. The number of unbranched alkanes of at least 4 members (excludes halogenated alkanes) is 3. The molecule has 0 aliphatic carbocycles. The predicted octanol–water partition coefficient (Wildman–Crippen LogP) is 12.3. The largest absolute Gasteiger partial charge is 0.297 e. The summed E-state index contributed by atoms with van der Waals surface area (Å²) in [7, 11) is 0. The Kier molecular flexibility index (Phi) is 18.0. The van der Waals surface area contributed by atoms with Crippen molar-refractivity contribution < 1.29 is 18.1 Å². The molecule has 2 nitrogen and oxygen atoms in total. The Labute approximate surface area is 312 Å². The second kappa shape index (κ2) is 21.3. The number of fused-ring (bicyclic) bond motifs is 3. The monoisotopic (exact) mass is 812 g/mol. The van der Waals surface area contributed by atoms with E-state index < -0.39 is 18.4 Å². The Morgan fingerprint density at radius 2 is 0.900 bits per heavy atom. The molecule has 6 heteroatoms. The van der Waals surface area contributed by atoms with Gasteiger partial charge in [-0.05, 0) is 27.7 Å². The van der Waals surface area contributed by atoms with Gasteiger partial charge >= 0.3 is 160 Å². The van der Waals surface area contributed by atoms with Crippen molar-refractivity contribution in [2.75, 3.05) is 45.3 Å². The zero-order chi connectivity index (χ0) is 35.0. The van der Waals surface area contributed by atoms with E-state index in [1.807, 2.05) is 30.3 Å². The Balaban J connectivity index is 0.000000224. The minimum absolute atomic E-state index is 0. The van der Waals surface area contributed by atoms with Gasteiger partial charge < -0.3 is 0 Å². The average molecular weight is 812 g/mol. The summed E-state index contributed by atoms with van der Waals surface area (Å²) in [6.07, 6.45) is 8.34. The van der Waals surface area contributed by atoms with E-state index in [0.717, 1.165) is 35.2 Å². The molecule has 50 heavy (non-hydrogen) atoms. The molecule has 0 radical (unpaired) electrons. The maximum Gasteiger partial charge on any atom is 0.164 e.